The first-order chi connectivity index (χ1) is 7.27. The van der Waals surface area contributed by atoms with Gasteiger partial charge in [-0.3, -0.25) is 4.90 Å². The number of thioether (sulfide) groups is 1. The molecular formula is C11H10N2OS. The number of urea groups is 1. The van der Waals surface area contributed by atoms with E-state index in [9.17, 15) is 4.79 Å². The average molecular weight is 218 g/mol. The minimum Gasteiger partial charge on any atom is -0.351 e. The summed E-state index contributed by atoms with van der Waals surface area (Å²) in [6.45, 7) is 0. The van der Waals surface area contributed by atoms with Crippen molar-refractivity contribution in [1.82, 2.24) is 4.90 Å². The third-order valence-electron chi connectivity index (χ3n) is 2.81. The quantitative estimate of drug-likeness (QED) is 0.724. The van der Waals surface area contributed by atoms with E-state index in [4.69, 9.17) is 5.73 Å². The van der Waals surface area contributed by atoms with Gasteiger partial charge in [0.2, 0.25) is 0 Å². The summed E-state index contributed by atoms with van der Waals surface area (Å²) in [4.78, 5) is 14.1. The Morgan fingerprint density at radius 1 is 1.40 bits per heavy atom. The van der Waals surface area contributed by atoms with Gasteiger partial charge in [-0.1, -0.05) is 24.3 Å². The summed E-state index contributed by atoms with van der Waals surface area (Å²) in [5.74, 6) is 0.661. The van der Waals surface area contributed by atoms with E-state index in [1.165, 1.54) is 16.0 Å². The minimum absolute atomic E-state index is 0.347. The fourth-order valence-corrected chi connectivity index (χ4v) is 3.34. The highest BCUT2D eigenvalue weighted by Crippen LogP contribution is 2.46. The zero-order valence-electron chi connectivity index (χ0n) is 8.06. The highest BCUT2D eigenvalue weighted by Gasteiger charge is 2.33. The molecular weight excluding hydrogens is 208 g/mol. The third kappa shape index (κ3) is 1.18. The standard InChI is InChI=1S/C11H10N2OS/c12-11(14)13-6-15-10-8-4-2-1-3-7(8)5-9(10)13/h1-4H,5-6H2,(H2,12,14). The number of carbonyl (C=O) groups excluding carboxylic acids is 1. The van der Waals surface area contributed by atoms with E-state index in [1.54, 1.807) is 16.7 Å². The van der Waals surface area contributed by atoms with E-state index in [1.807, 2.05) is 12.1 Å². The van der Waals surface area contributed by atoms with Crippen molar-refractivity contribution in [1.29, 1.82) is 0 Å². The first-order valence-corrected chi connectivity index (χ1v) is 5.77. The zero-order valence-corrected chi connectivity index (χ0v) is 8.88. The van der Waals surface area contributed by atoms with Crippen molar-refractivity contribution in [3.63, 3.8) is 0 Å². The maximum absolute atomic E-state index is 11.2. The number of fused-ring (bicyclic) bond motifs is 2. The molecule has 76 valence electrons. The summed E-state index contributed by atoms with van der Waals surface area (Å²) >= 11 is 1.70. The number of allylic oxidation sites excluding steroid dienone is 1. The van der Waals surface area contributed by atoms with Crippen molar-refractivity contribution in [3.05, 3.63) is 41.1 Å². The van der Waals surface area contributed by atoms with E-state index in [-0.39, 0.29) is 6.03 Å². The number of hydrogen-bond donors (Lipinski definition) is 1. The zero-order chi connectivity index (χ0) is 10.4. The second-order valence-electron chi connectivity index (χ2n) is 3.65. The Hall–Kier alpha value is -1.42. The number of amides is 2. The number of primary amides is 1. The fraction of sp³-hybridized carbons (Fsp3) is 0.182. The van der Waals surface area contributed by atoms with Crippen molar-refractivity contribution in [2.24, 2.45) is 5.73 Å². The van der Waals surface area contributed by atoms with Crippen molar-refractivity contribution < 1.29 is 4.79 Å². The summed E-state index contributed by atoms with van der Waals surface area (Å²) in [7, 11) is 0. The van der Waals surface area contributed by atoms with Gasteiger partial charge in [0.1, 0.15) is 0 Å². The lowest BCUT2D eigenvalue weighted by Gasteiger charge is -2.15. The molecule has 4 heteroatoms. The second kappa shape index (κ2) is 3.03. The molecule has 0 radical (unpaired) electrons. The molecule has 3 rings (SSSR count). The fourth-order valence-electron chi connectivity index (χ4n) is 2.09. The average Bonchev–Trinajstić information content (AvgIpc) is 2.74. The molecule has 0 bridgehead atoms. The van der Waals surface area contributed by atoms with Gasteiger partial charge in [0, 0.05) is 17.0 Å². The summed E-state index contributed by atoms with van der Waals surface area (Å²) < 4.78 is 0. The molecule has 15 heavy (non-hydrogen) atoms. The monoisotopic (exact) mass is 218 g/mol. The molecule has 0 fully saturated rings. The molecule has 1 aromatic rings. The summed E-state index contributed by atoms with van der Waals surface area (Å²) in [6.07, 6.45) is 0.835. The van der Waals surface area contributed by atoms with Crippen molar-refractivity contribution in [2.75, 3.05) is 5.88 Å². The highest BCUT2D eigenvalue weighted by atomic mass is 32.2. The Bertz CT molecular complexity index is 481. The van der Waals surface area contributed by atoms with E-state index in [0.717, 1.165) is 12.1 Å². The van der Waals surface area contributed by atoms with E-state index >= 15 is 0 Å². The number of rotatable bonds is 0. The molecule has 1 heterocycles. The van der Waals surface area contributed by atoms with Crippen LogP contribution in [0.5, 0.6) is 0 Å². The molecule has 1 aliphatic carbocycles. The van der Waals surface area contributed by atoms with Gasteiger partial charge in [0.05, 0.1) is 5.88 Å². The maximum Gasteiger partial charge on any atom is 0.319 e. The molecule has 1 aromatic carbocycles. The third-order valence-corrected chi connectivity index (χ3v) is 3.94. The summed E-state index contributed by atoms with van der Waals surface area (Å²) in [6, 6.07) is 7.92. The van der Waals surface area contributed by atoms with Gasteiger partial charge in [0.15, 0.2) is 0 Å². The van der Waals surface area contributed by atoms with Crippen LogP contribution in [-0.2, 0) is 6.42 Å². The van der Waals surface area contributed by atoms with Gasteiger partial charge in [0.25, 0.3) is 0 Å². The number of hydrogen-bond acceptors (Lipinski definition) is 2. The van der Waals surface area contributed by atoms with Crippen LogP contribution in [0.15, 0.2) is 30.0 Å². The Kier molecular flexibility index (Phi) is 1.79. The summed E-state index contributed by atoms with van der Waals surface area (Å²) in [5, 5.41) is 0. The predicted molar refractivity (Wildman–Crippen MR) is 60.9 cm³/mol. The lowest BCUT2D eigenvalue weighted by atomic mass is 10.1. The van der Waals surface area contributed by atoms with Crippen LogP contribution in [0.2, 0.25) is 0 Å². The Morgan fingerprint density at radius 3 is 3.00 bits per heavy atom. The normalized spacial score (nSPS) is 18.0. The molecule has 0 saturated carbocycles. The van der Waals surface area contributed by atoms with Gasteiger partial charge in [-0.25, -0.2) is 4.79 Å². The molecule has 2 amide bonds. The first-order valence-electron chi connectivity index (χ1n) is 4.78. The molecule has 0 aromatic heterocycles. The summed E-state index contributed by atoms with van der Waals surface area (Å²) in [5.41, 5.74) is 8.96. The van der Waals surface area contributed by atoms with Crippen LogP contribution >= 0.6 is 11.8 Å². The molecule has 0 saturated heterocycles. The van der Waals surface area contributed by atoms with E-state index < -0.39 is 0 Å². The molecule has 1 aliphatic heterocycles. The minimum atomic E-state index is -0.347. The lowest BCUT2D eigenvalue weighted by Crippen LogP contribution is -2.32. The second-order valence-corrected chi connectivity index (χ2v) is 4.60. The van der Waals surface area contributed by atoms with Crippen LogP contribution in [0, 0.1) is 0 Å². The van der Waals surface area contributed by atoms with Crippen molar-refractivity contribution in [3.8, 4) is 0 Å². The molecule has 0 atom stereocenters. The first kappa shape index (κ1) is 8.85. The SMILES string of the molecule is NC(=O)N1CSC2=C1Cc1ccccc12. The topological polar surface area (TPSA) is 46.3 Å². The van der Waals surface area contributed by atoms with Crippen molar-refractivity contribution >= 4 is 22.7 Å². The molecule has 2 N–H and O–H groups in total. The van der Waals surface area contributed by atoms with Crippen molar-refractivity contribution in [2.45, 2.75) is 6.42 Å². The predicted octanol–water partition coefficient (Wildman–Crippen LogP) is 2.00. The number of nitrogens with two attached hydrogens (primary N) is 1. The van der Waals surface area contributed by atoms with Crippen LogP contribution in [0.4, 0.5) is 4.79 Å². The Morgan fingerprint density at radius 2 is 2.20 bits per heavy atom. The number of benzene rings is 1. The molecule has 2 aliphatic rings. The van der Waals surface area contributed by atoms with Gasteiger partial charge < -0.3 is 5.73 Å². The smallest absolute Gasteiger partial charge is 0.319 e. The van der Waals surface area contributed by atoms with Crippen LogP contribution in [0.3, 0.4) is 0 Å². The van der Waals surface area contributed by atoms with Crippen LogP contribution in [-0.4, -0.2) is 16.8 Å². The maximum atomic E-state index is 11.2. The van der Waals surface area contributed by atoms with Gasteiger partial charge in [-0.05, 0) is 11.1 Å². The lowest BCUT2D eigenvalue weighted by molar-refractivity contribution is 0.227. The van der Waals surface area contributed by atoms with Gasteiger partial charge in [-0.2, -0.15) is 0 Å². The van der Waals surface area contributed by atoms with Crippen LogP contribution < -0.4 is 5.73 Å². The Balaban J connectivity index is 2.07. The number of carbonyl (C=O) groups is 1. The van der Waals surface area contributed by atoms with Crippen LogP contribution in [0.25, 0.3) is 4.91 Å². The van der Waals surface area contributed by atoms with Gasteiger partial charge in [-0.15, -0.1) is 11.8 Å². The number of nitrogens with zero attached hydrogens (tertiary/aromatic N) is 1. The Labute approximate surface area is 91.9 Å². The van der Waals surface area contributed by atoms with Gasteiger partial charge >= 0.3 is 6.03 Å². The van der Waals surface area contributed by atoms with Crippen LogP contribution in [0.1, 0.15) is 11.1 Å². The van der Waals surface area contributed by atoms with E-state index in [2.05, 4.69) is 12.1 Å². The molecule has 3 nitrogen and oxygen atoms in total. The highest BCUT2D eigenvalue weighted by molar-refractivity contribution is 8.08. The molecule has 0 spiro atoms. The largest absolute Gasteiger partial charge is 0.351 e. The molecule has 0 unspecified atom stereocenters. The van der Waals surface area contributed by atoms with E-state index in [0.29, 0.717) is 5.88 Å².